The number of fused-ring (bicyclic) bond motifs is 2. The summed E-state index contributed by atoms with van der Waals surface area (Å²) >= 11 is 0. The molecule has 0 aliphatic carbocycles. The molecule has 2 aromatic carbocycles. The number of carbonyl (C=O) groups excluding carboxylic acids is 2. The Morgan fingerprint density at radius 2 is 1.97 bits per heavy atom. The lowest BCUT2D eigenvalue weighted by Gasteiger charge is -2.29. The van der Waals surface area contributed by atoms with Crippen LogP contribution in [0.3, 0.4) is 0 Å². The van der Waals surface area contributed by atoms with Crippen molar-refractivity contribution in [3.05, 3.63) is 71.4 Å². The summed E-state index contributed by atoms with van der Waals surface area (Å²) in [5.74, 6) is -0.399. The summed E-state index contributed by atoms with van der Waals surface area (Å²) in [6, 6.07) is 17.8. The molecule has 0 unspecified atom stereocenters. The molecule has 0 bridgehead atoms. The van der Waals surface area contributed by atoms with Crippen LogP contribution in [0.15, 0.2) is 60.3 Å². The summed E-state index contributed by atoms with van der Waals surface area (Å²) in [7, 11) is 0. The Balaban J connectivity index is 1.39. The van der Waals surface area contributed by atoms with Gasteiger partial charge in [0.2, 0.25) is 5.91 Å². The zero-order valence-electron chi connectivity index (χ0n) is 19.6. The van der Waals surface area contributed by atoms with E-state index in [1.54, 1.807) is 6.08 Å². The molecule has 35 heavy (non-hydrogen) atoms. The number of ether oxygens (including phenoxy) is 1. The number of amides is 2. The number of nitriles is 1. The van der Waals surface area contributed by atoms with E-state index in [9.17, 15) is 14.9 Å². The first kappa shape index (κ1) is 22.9. The molecule has 0 spiro atoms. The van der Waals surface area contributed by atoms with Crippen molar-refractivity contribution in [2.24, 2.45) is 0 Å². The lowest BCUT2D eigenvalue weighted by atomic mass is 10.0. The second-order valence-electron chi connectivity index (χ2n) is 9.02. The molecule has 1 atom stereocenters. The summed E-state index contributed by atoms with van der Waals surface area (Å²) in [5.41, 5.74) is 3.82. The zero-order valence-corrected chi connectivity index (χ0v) is 19.6. The zero-order chi connectivity index (χ0) is 24.2. The van der Waals surface area contributed by atoms with Crippen LogP contribution in [0.2, 0.25) is 0 Å². The van der Waals surface area contributed by atoms with E-state index in [1.807, 2.05) is 64.2 Å². The Morgan fingerprint density at radius 3 is 2.80 bits per heavy atom. The minimum atomic E-state index is -0.416. The molecule has 1 aromatic heterocycles. The quantitative estimate of drug-likeness (QED) is 0.440. The van der Waals surface area contributed by atoms with Crippen LogP contribution in [0.25, 0.3) is 17.0 Å². The van der Waals surface area contributed by atoms with Crippen molar-refractivity contribution in [1.82, 2.24) is 9.88 Å². The Bertz CT molecular complexity index is 1330. The number of nitrogens with one attached hydrogen (secondary N) is 1. The minimum Gasteiger partial charge on any atom is -0.376 e. The van der Waals surface area contributed by atoms with Crippen molar-refractivity contribution in [3.63, 3.8) is 0 Å². The highest BCUT2D eigenvalue weighted by atomic mass is 16.5. The van der Waals surface area contributed by atoms with Gasteiger partial charge in [-0.15, -0.1) is 0 Å². The first-order chi connectivity index (χ1) is 17.1. The number of aryl methyl sites for hydroxylation is 1. The number of benzene rings is 2. The highest BCUT2D eigenvalue weighted by molar-refractivity contribution is 6.04. The molecule has 7 nitrogen and oxygen atoms in total. The van der Waals surface area contributed by atoms with E-state index in [-0.39, 0.29) is 24.1 Å². The summed E-state index contributed by atoms with van der Waals surface area (Å²) in [6.07, 6.45) is 7.28. The van der Waals surface area contributed by atoms with Crippen LogP contribution < -0.4 is 10.2 Å². The van der Waals surface area contributed by atoms with Crippen LogP contribution in [-0.2, 0) is 27.3 Å². The molecule has 2 aliphatic rings. The van der Waals surface area contributed by atoms with Gasteiger partial charge in [-0.1, -0.05) is 36.4 Å². The van der Waals surface area contributed by atoms with Crippen LogP contribution >= 0.6 is 0 Å². The van der Waals surface area contributed by atoms with Gasteiger partial charge in [-0.2, -0.15) is 5.26 Å². The SMILES string of the molecule is N#C/C(=C\c1cn(CC(=O)N2CCCc3ccccc32)c2ccccc12)C(=O)NC[C@@H]1CCCO1. The average molecular weight is 469 g/mol. The summed E-state index contributed by atoms with van der Waals surface area (Å²) in [5, 5.41) is 13.4. The molecule has 3 aromatic rings. The van der Waals surface area contributed by atoms with Gasteiger partial charge in [-0.3, -0.25) is 9.59 Å². The second-order valence-corrected chi connectivity index (χ2v) is 9.02. The topological polar surface area (TPSA) is 87.4 Å². The summed E-state index contributed by atoms with van der Waals surface area (Å²) in [4.78, 5) is 27.9. The molecule has 0 radical (unpaired) electrons. The maximum absolute atomic E-state index is 13.3. The number of para-hydroxylation sites is 2. The van der Waals surface area contributed by atoms with E-state index in [1.165, 1.54) is 5.56 Å². The number of hydrogen-bond donors (Lipinski definition) is 1. The van der Waals surface area contributed by atoms with E-state index in [2.05, 4.69) is 11.4 Å². The molecular formula is C28H28N4O3. The van der Waals surface area contributed by atoms with E-state index < -0.39 is 5.91 Å². The molecule has 0 saturated carbocycles. The van der Waals surface area contributed by atoms with Gasteiger partial charge in [0.05, 0.1) is 6.10 Å². The monoisotopic (exact) mass is 468 g/mol. The van der Waals surface area contributed by atoms with Crippen molar-refractivity contribution in [2.45, 2.75) is 38.3 Å². The predicted octanol–water partition coefficient (Wildman–Crippen LogP) is 3.82. The number of rotatable bonds is 6. The van der Waals surface area contributed by atoms with Gasteiger partial charge < -0.3 is 19.5 Å². The van der Waals surface area contributed by atoms with Gasteiger partial charge in [0.25, 0.3) is 5.91 Å². The van der Waals surface area contributed by atoms with Crippen molar-refractivity contribution >= 4 is 34.5 Å². The summed E-state index contributed by atoms with van der Waals surface area (Å²) in [6.45, 7) is 1.98. The number of aromatic nitrogens is 1. The molecule has 2 aliphatic heterocycles. The van der Waals surface area contributed by atoms with Crippen molar-refractivity contribution in [2.75, 3.05) is 24.6 Å². The van der Waals surface area contributed by atoms with Crippen LogP contribution in [0.5, 0.6) is 0 Å². The molecule has 1 fully saturated rings. The lowest BCUT2D eigenvalue weighted by Crippen LogP contribution is -2.37. The molecule has 1 N–H and O–H groups in total. The normalized spacial score (nSPS) is 17.7. The highest BCUT2D eigenvalue weighted by Crippen LogP contribution is 2.28. The van der Waals surface area contributed by atoms with E-state index >= 15 is 0 Å². The Morgan fingerprint density at radius 1 is 1.14 bits per heavy atom. The number of carbonyl (C=O) groups is 2. The Hall–Kier alpha value is -3.89. The molecule has 178 valence electrons. The Kier molecular flexibility index (Phi) is 6.64. The first-order valence-electron chi connectivity index (χ1n) is 12.1. The standard InChI is InChI=1S/C28H28N4O3/c29-16-21(28(34)30-17-23-9-6-14-35-23)15-22-18-31(26-12-4-2-10-24(22)26)19-27(33)32-13-5-8-20-7-1-3-11-25(20)32/h1-4,7,10-12,15,18,23H,5-6,8-9,13-14,17,19H2,(H,30,34)/b21-15+/t23-/m0/s1. The molecule has 2 amide bonds. The predicted molar refractivity (Wildman–Crippen MR) is 135 cm³/mol. The smallest absolute Gasteiger partial charge is 0.262 e. The van der Waals surface area contributed by atoms with Gasteiger partial charge in [0, 0.05) is 48.0 Å². The fourth-order valence-electron chi connectivity index (χ4n) is 4.96. The third-order valence-electron chi connectivity index (χ3n) is 6.72. The van der Waals surface area contributed by atoms with Crippen LogP contribution in [0.1, 0.15) is 30.4 Å². The summed E-state index contributed by atoms with van der Waals surface area (Å²) < 4.78 is 7.45. The first-order valence-corrected chi connectivity index (χ1v) is 12.1. The third kappa shape index (κ3) is 4.84. The van der Waals surface area contributed by atoms with Gasteiger partial charge in [0.15, 0.2) is 0 Å². The minimum absolute atomic E-state index is 0.00624. The van der Waals surface area contributed by atoms with Crippen molar-refractivity contribution in [1.29, 1.82) is 5.26 Å². The van der Waals surface area contributed by atoms with Crippen LogP contribution in [-0.4, -0.2) is 42.2 Å². The largest absolute Gasteiger partial charge is 0.376 e. The van der Waals surface area contributed by atoms with Crippen LogP contribution in [0.4, 0.5) is 5.69 Å². The maximum Gasteiger partial charge on any atom is 0.262 e. The van der Waals surface area contributed by atoms with Crippen molar-refractivity contribution < 1.29 is 14.3 Å². The molecule has 7 heteroatoms. The number of anilines is 1. The number of hydrogen-bond acceptors (Lipinski definition) is 4. The molecule has 1 saturated heterocycles. The van der Waals surface area contributed by atoms with Gasteiger partial charge >= 0.3 is 0 Å². The van der Waals surface area contributed by atoms with E-state index in [0.29, 0.717) is 19.7 Å². The fourth-order valence-corrected chi connectivity index (χ4v) is 4.96. The third-order valence-corrected chi connectivity index (χ3v) is 6.72. The second kappa shape index (κ2) is 10.2. The molecule has 5 rings (SSSR count). The van der Waals surface area contributed by atoms with Gasteiger partial charge in [0.1, 0.15) is 18.2 Å². The van der Waals surface area contributed by atoms with E-state index in [4.69, 9.17) is 4.74 Å². The van der Waals surface area contributed by atoms with E-state index in [0.717, 1.165) is 47.8 Å². The van der Waals surface area contributed by atoms with Crippen LogP contribution in [0, 0.1) is 11.3 Å². The van der Waals surface area contributed by atoms with Gasteiger partial charge in [-0.25, -0.2) is 0 Å². The lowest BCUT2D eigenvalue weighted by molar-refractivity contribution is -0.119. The van der Waals surface area contributed by atoms with Gasteiger partial charge in [-0.05, 0) is 49.5 Å². The highest BCUT2D eigenvalue weighted by Gasteiger charge is 2.23. The van der Waals surface area contributed by atoms with Crippen molar-refractivity contribution in [3.8, 4) is 6.07 Å². The number of nitrogens with zero attached hydrogens (tertiary/aromatic N) is 3. The Labute approximate surface area is 204 Å². The molecule has 3 heterocycles. The maximum atomic E-state index is 13.3. The fraction of sp³-hybridized carbons (Fsp3) is 0.321. The molecular weight excluding hydrogens is 440 g/mol. The average Bonchev–Trinajstić information content (AvgIpc) is 3.54.